The van der Waals surface area contributed by atoms with Gasteiger partial charge in [-0.15, -0.1) is 0 Å². The second kappa shape index (κ2) is 6.18. The first-order chi connectivity index (χ1) is 7.84. The zero-order valence-electron chi connectivity index (χ0n) is 9.32. The van der Waals surface area contributed by atoms with Gasteiger partial charge < -0.3 is 5.32 Å². The van der Waals surface area contributed by atoms with Gasteiger partial charge in [-0.25, -0.2) is 0 Å². The van der Waals surface area contributed by atoms with Crippen molar-refractivity contribution in [2.75, 3.05) is 32.7 Å². The van der Waals surface area contributed by atoms with Gasteiger partial charge in [0, 0.05) is 37.2 Å². The van der Waals surface area contributed by atoms with E-state index in [1.54, 1.807) is 0 Å². The fraction of sp³-hybridized carbons (Fsp3) is 0.385. The van der Waals surface area contributed by atoms with Crippen LogP contribution in [0.5, 0.6) is 0 Å². The summed E-state index contributed by atoms with van der Waals surface area (Å²) in [4.78, 5) is 2.46. The Labute approximate surface area is 105 Å². The molecule has 1 heterocycles. The Morgan fingerprint density at radius 3 is 2.88 bits per heavy atom. The summed E-state index contributed by atoms with van der Waals surface area (Å²) in [6.07, 6.45) is 4.43. The molecule has 3 heteroatoms. The van der Waals surface area contributed by atoms with E-state index in [1.165, 1.54) is 5.56 Å². The monoisotopic (exact) mass is 280 g/mol. The van der Waals surface area contributed by atoms with Crippen LogP contribution in [-0.4, -0.2) is 37.6 Å². The fourth-order valence-electron chi connectivity index (χ4n) is 1.84. The maximum Gasteiger partial charge on any atom is 0.0181 e. The standard InChI is InChI=1S/C13H17BrN2/c14-13-5-1-3-12(11-13)4-2-8-16-9-6-15-7-10-16/h1-5,11,15H,6-10H2. The summed E-state index contributed by atoms with van der Waals surface area (Å²) in [5.41, 5.74) is 1.25. The highest BCUT2D eigenvalue weighted by atomic mass is 79.9. The summed E-state index contributed by atoms with van der Waals surface area (Å²) in [5, 5.41) is 3.36. The van der Waals surface area contributed by atoms with Gasteiger partial charge in [0.1, 0.15) is 0 Å². The number of halogens is 1. The lowest BCUT2D eigenvalue weighted by atomic mass is 10.2. The van der Waals surface area contributed by atoms with Gasteiger partial charge in [0.25, 0.3) is 0 Å². The first kappa shape index (κ1) is 11.8. The van der Waals surface area contributed by atoms with E-state index in [4.69, 9.17) is 0 Å². The van der Waals surface area contributed by atoms with Crippen LogP contribution in [0.2, 0.25) is 0 Å². The minimum Gasteiger partial charge on any atom is -0.314 e. The van der Waals surface area contributed by atoms with E-state index in [0.717, 1.165) is 37.2 Å². The summed E-state index contributed by atoms with van der Waals surface area (Å²) >= 11 is 3.48. The molecule has 1 saturated heterocycles. The van der Waals surface area contributed by atoms with Crippen LogP contribution in [0.15, 0.2) is 34.8 Å². The highest BCUT2D eigenvalue weighted by Crippen LogP contribution is 2.12. The van der Waals surface area contributed by atoms with Crippen LogP contribution in [-0.2, 0) is 0 Å². The van der Waals surface area contributed by atoms with E-state index in [0.29, 0.717) is 0 Å². The quantitative estimate of drug-likeness (QED) is 0.915. The third kappa shape index (κ3) is 3.74. The molecule has 86 valence electrons. The molecule has 2 nitrogen and oxygen atoms in total. The van der Waals surface area contributed by atoms with Crippen molar-refractivity contribution in [3.63, 3.8) is 0 Å². The van der Waals surface area contributed by atoms with Gasteiger partial charge >= 0.3 is 0 Å². The SMILES string of the molecule is Brc1cccc(C=CCN2CCNCC2)c1. The van der Waals surface area contributed by atoms with Crippen LogP contribution in [0.1, 0.15) is 5.56 Å². The number of hydrogen-bond acceptors (Lipinski definition) is 2. The van der Waals surface area contributed by atoms with Crippen molar-refractivity contribution in [1.82, 2.24) is 10.2 Å². The predicted octanol–water partition coefficient (Wildman–Crippen LogP) is 2.37. The van der Waals surface area contributed by atoms with Crippen molar-refractivity contribution in [3.05, 3.63) is 40.4 Å². The predicted molar refractivity (Wildman–Crippen MR) is 72.5 cm³/mol. The molecule has 0 aliphatic carbocycles. The van der Waals surface area contributed by atoms with Gasteiger partial charge in [-0.2, -0.15) is 0 Å². The van der Waals surface area contributed by atoms with Crippen LogP contribution in [0, 0.1) is 0 Å². The molecule has 2 rings (SSSR count). The van der Waals surface area contributed by atoms with Gasteiger partial charge in [0.05, 0.1) is 0 Å². The number of hydrogen-bond donors (Lipinski definition) is 1. The number of piperazine rings is 1. The van der Waals surface area contributed by atoms with Gasteiger partial charge in [0.2, 0.25) is 0 Å². The van der Waals surface area contributed by atoms with Gasteiger partial charge in [0.15, 0.2) is 0 Å². The zero-order valence-corrected chi connectivity index (χ0v) is 10.9. The first-order valence-electron chi connectivity index (χ1n) is 5.70. The van der Waals surface area contributed by atoms with E-state index in [1.807, 2.05) is 6.07 Å². The summed E-state index contributed by atoms with van der Waals surface area (Å²) in [5.74, 6) is 0. The van der Waals surface area contributed by atoms with Crippen molar-refractivity contribution >= 4 is 22.0 Å². The Bertz CT molecular complexity index is 357. The highest BCUT2D eigenvalue weighted by molar-refractivity contribution is 9.10. The van der Waals surface area contributed by atoms with E-state index in [2.05, 4.69) is 56.5 Å². The molecular weight excluding hydrogens is 264 g/mol. The second-order valence-electron chi connectivity index (χ2n) is 4.01. The Morgan fingerprint density at radius 2 is 2.12 bits per heavy atom. The topological polar surface area (TPSA) is 15.3 Å². The molecule has 1 N–H and O–H groups in total. The molecule has 1 fully saturated rings. The summed E-state index contributed by atoms with van der Waals surface area (Å²) in [7, 11) is 0. The first-order valence-corrected chi connectivity index (χ1v) is 6.49. The maximum absolute atomic E-state index is 3.48. The number of nitrogens with one attached hydrogen (secondary N) is 1. The van der Waals surface area contributed by atoms with Crippen LogP contribution >= 0.6 is 15.9 Å². The summed E-state index contributed by atoms with van der Waals surface area (Å²) < 4.78 is 1.14. The highest BCUT2D eigenvalue weighted by Gasteiger charge is 2.06. The van der Waals surface area contributed by atoms with Crippen molar-refractivity contribution in [2.45, 2.75) is 0 Å². The molecular formula is C13H17BrN2. The van der Waals surface area contributed by atoms with Crippen molar-refractivity contribution < 1.29 is 0 Å². The molecule has 0 aromatic heterocycles. The fourth-order valence-corrected chi connectivity index (χ4v) is 2.26. The van der Waals surface area contributed by atoms with Gasteiger partial charge in [-0.05, 0) is 17.7 Å². The van der Waals surface area contributed by atoms with E-state index >= 15 is 0 Å². The Kier molecular flexibility index (Phi) is 4.57. The van der Waals surface area contributed by atoms with Crippen LogP contribution in [0.3, 0.4) is 0 Å². The third-order valence-electron chi connectivity index (χ3n) is 2.73. The average Bonchev–Trinajstić information content (AvgIpc) is 2.30. The molecule has 0 spiro atoms. The molecule has 0 radical (unpaired) electrons. The molecule has 0 unspecified atom stereocenters. The lowest BCUT2D eigenvalue weighted by Crippen LogP contribution is -2.43. The van der Waals surface area contributed by atoms with Crippen LogP contribution in [0.4, 0.5) is 0 Å². The minimum absolute atomic E-state index is 1.05. The van der Waals surface area contributed by atoms with Crippen molar-refractivity contribution in [1.29, 1.82) is 0 Å². The molecule has 1 aromatic carbocycles. The van der Waals surface area contributed by atoms with Crippen LogP contribution in [0.25, 0.3) is 6.08 Å². The van der Waals surface area contributed by atoms with Gasteiger partial charge in [-0.1, -0.05) is 40.2 Å². The molecule has 0 atom stereocenters. The summed E-state index contributed by atoms with van der Waals surface area (Å²) in [6, 6.07) is 8.37. The molecule has 16 heavy (non-hydrogen) atoms. The van der Waals surface area contributed by atoms with Crippen molar-refractivity contribution in [3.8, 4) is 0 Å². The smallest absolute Gasteiger partial charge is 0.0181 e. The number of benzene rings is 1. The lowest BCUT2D eigenvalue weighted by Gasteiger charge is -2.25. The molecule has 0 saturated carbocycles. The third-order valence-corrected chi connectivity index (χ3v) is 3.23. The Morgan fingerprint density at radius 1 is 1.31 bits per heavy atom. The number of rotatable bonds is 3. The maximum atomic E-state index is 3.48. The minimum atomic E-state index is 1.05. The van der Waals surface area contributed by atoms with E-state index in [-0.39, 0.29) is 0 Å². The largest absolute Gasteiger partial charge is 0.314 e. The zero-order chi connectivity index (χ0) is 11.2. The molecule has 0 bridgehead atoms. The van der Waals surface area contributed by atoms with E-state index in [9.17, 15) is 0 Å². The molecule has 1 aliphatic rings. The van der Waals surface area contributed by atoms with Crippen LogP contribution < -0.4 is 5.32 Å². The molecule has 0 amide bonds. The normalized spacial score (nSPS) is 18.1. The molecule has 1 aromatic rings. The average molecular weight is 281 g/mol. The Balaban J connectivity index is 1.84. The van der Waals surface area contributed by atoms with Crippen molar-refractivity contribution in [2.24, 2.45) is 0 Å². The summed E-state index contributed by atoms with van der Waals surface area (Å²) in [6.45, 7) is 5.59. The van der Waals surface area contributed by atoms with E-state index < -0.39 is 0 Å². The Hall–Kier alpha value is -0.640. The lowest BCUT2D eigenvalue weighted by molar-refractivity contribution is 0.265. The molecule has 1 aliphatic heterocycles. The second-order valence-corrected chi connectivity index (χ2v) is 4.92. The number of nitrogens with zero attached hydrogens (tertiary/aromatic N) is 1. The van der Waals surface area contributed by atoms with Gasteiger partial charge in [-0.3, -0.25) is 4.90 Å².